The predicted molar refractivity (Wildman–Crippen MR) is 102 cm³/mol. The highest BCUT2D eigenvalue weighted by Gasteiger charge is 2.14. The smallest absolute Gasteiger partial charge is 0.231 e. The molecule has 8 heteroatoms. The van der Waals surface area contributed by atoms with E-state index in [1.165, 1.54) is 7.05 Å². The number of Topliss-reactive ketones (excluding diaryl/α,β-unsaturated/α-hetero) is 1. The third-order valence-corrected chi connectivity index (χ3v) is 4.99. The summed E-state index contributed by atoms with van der Waals surface area (Å²) in [6.45, 7) is 1.99. The van der Waals surface area contributed by atoms with Crippen molar-refractivity contribution in [2.45, 2.75) is 6.92 Å². The quantitative estimate of drug-likeness (QED) is 0.645. The fourth-order valence-corrected chi connectivity index (χ4v) is 2.75. The molecule has 7 nitrogen and oxygen atoms in total. The number of carbonyl (C=O) groups is 1. The first-order valence-electron chi connectivity index (χ1n) is 8.13. The second-order valence-electron chi connectivity index (χ2n) is 5.70. The van der Waals surface area contributed by atoms with Crippen LogP contribution in [0.4, 0.5) is 5.69 Å². The molecule has 2 aromatic carbocycles. The van der Waals surface area contributed by atoms with Crippen molar-refractivity contribution in [2.24, 2.45) is 0 Å². The van der Waals surface area contributed by atoms with E-state index in [-0.39, 0.29) is 12.4 Å². The molecule has 0 bridgehead atoms. The molecule has 27 heavy (non-hydrogen) atoms. The largest absolute Gasteiger partial charge is 0.490 e. The fraction of sp³-hybridized carbons (Fsp3) is 0.263. The third kappa shape index (κ3) is 5.21. The normalized spacial score (nSPS) is 10.7. The van der Waals surface area contributed by atoms with E-state index in [1.807, 2.05) is 13.0 Å². The second kappa shape index (κ2) is 8.56. The maximum Gasteiger partial charge on any atom is 0.231 e. The summed E-state index contributed by atoms with van der Waals surface area (Å²) in [5.41, 5.74) is 1.29. The van der Waals surface area contributed by atoms with E-state index < -0.39 is 10.0 Å². The molecule has 0 aromatic heterocycles. The van der Waals surface area contributed by atoms with Crippen molar-refractivity contribution in [1.29, 1.82) is 5.26 Å². The fourth-order valence-electron chi connectivity index (χ4n) is 2.24. The maximum absolute atomic E-state index is 12.3. The standard InChI is InChI=1S/C19H20N2O5S/c1-4-25-19-11-14(12-20)5-10-18(19)26-13-17(22)15-6-8-16(9-7-15)21(2)27(3,23)24/h5-11H,4,13H2,1-3H3. The van der Waals surface area contributed by atoms with Crippen LogP contribution in [0.2, 0.25) is 0 Å². The van der Waals surface area contributed by atoms with Gasteiger partial charge in [0.05, 0.1) is 30.2 Å². The number of ketones is 1. The lowest BCUT2D eigenvalue weighted by atomic mass is 10.1. The van der Waals surface area contributed by atoms with Crippen molar-refractivity contribution < 1.29 is 22.7 Å². The van der Waals surface area contributed by atoms with Crippen LogP contribution in [-0.4, -0.2) is 40.7 Å². The van der Waals surface area contributed by atoms with Gasteiger partial charge in [-0.15, -0.1) is 0 Å². The summed E-state index contributed by atoms with van der Waals surface area (Å²) in [6.07, 6.45) is 1.10. The van der Waals surface area contributed by atoms with Crippen LogP contribution in [0.15, 0.2) is 42.5 Å². The average molecular weight is 388 g/mol. The summed E-state index contributed by atoms with van der Waals surface area (Å²) >= 11 is 0. The maximum atomic E-state index is 12.3. The zero-order valence-corrected chi connectivity index (χ0v) is 16.1. The minimum Gasteiger partial charge on any atom is -0.490 e. The Morgan fingerprint density at radius 3 is 2.33 bits per heavy atom. The van der Waals surface area contributed by atoms with E-state index in [1.54, 1.807) is 42.5 Å². The molecule has 0 N–H and O–H groups in total. The summed E-state index contributed by atoms with van der Waals surface area (Å²) in [7, 11) is -1.92. The minimum atomic E-state index is -3.36. The highest BCUT2D eigenvalue weighted by Crippen LogP contribution is 2.28. The molecule has 0 fully saturated rings. The number of ether oxygens (including phenoxy) is 2. The molecule has 0 saturated carbocycles. The Hall–Kier alpha value is -3.05. The highest BCUT2D eigenvalue weighted by molar-refractivity contribution is 7.92. The Kier molecular flexibility index (Phi) is 6.42. The Morgan fingerprint density at radius 2 is 1.78 bits per heavy atom. The van der Waals surface area contributed by atoms with Crippen LogP contribution in [-0.2, 0) is 10.0 Å². The molecule has 0 unspecified atom stereocenters. The lowest BCUT2D eigenvalue weighted by Gasteiger charge is -2.16. The van der Waals surface area contributed by atoms with E-state index in [0.29, 0.717) is 34.9 Å². The van der Waals surface area contributed by atoms with E-state index in [0.717, 1.165) is 10.6 Å². The number of benzene rings is 2. The monoisotopic (exact) mass is 388 g/mol. The predicted octanol–water partition coefficient (Wildman–Crippen LogP) is 2.61. The number of sulfonamides is 1. The van der Waals surface area contributed by atoms with E-state index >= 15 is 0 Å². The van der Waals surface area contributed by atoms with Gasteiger partial charge in [-0.05, 0) is 43.3 Å². The van der Waals surface area contributed by atoms with Gasteiger partial charge in [0.1, 0.15) is 0 Å². The van der Waals surface area contributed by atoms with Gasteiger partial charge in [0, 0.05) is 18.7 Å². The number of carbonyl (C=O) groups excluding carboxylic acids is 1. The minimum absolute atomic E-state index is 0.215. The molecule has 142 valence electrons. The van der Waals surface area contributed by atoms with Crippen molar-refractivity contribution in [2.75, 3.05) is 30.8 Å². The van der Waals surface area contributed by atoms with Gasteiger partial charge in [0.25, 0.3) is 0 Å². The van der Waals surface area contributed by atoms with Gasteiger partial charge in [0.2, 0.25) is 10.0 Å². The first-order valence-corrected chi connectivity index (χ1v) is 9.98. The van der Waals surface area contributed by atoms with Gasteiger partial charge in [-0.25, -0.2) is 8.42 Å². The number of hydrogen-bond donors (Lipinski definition) is 0. The molecule has 0 spiro atoms. The van der Waals surface area contributed by atoms with E-state index in [4.69, 9.17) is 14.7 Å². The van der Waals surface area contributed by atoms with Crippen LogP contribution in [0, 0.1) is 11.3 Å². The SMILES string of the molecule is CCOc1cc(C#N)ccc1OCC(=O)c1ccc(N(C)S(C)(=O)=O)cc1. The summed E-state index contributed by atoms with van der Waals surface area (Å²) in [5.74, 6) is 0.502. The zero-order chi connectivity index (χ0) is 20.0. The van der Waals surface area contributed by atoms with E-state index in [9.17, 15) is 13.2 Å². The Morgan fingerprint density at radius 1 is 1.11 bits per heavy atom. The van der Waals surface area contributed by atoms with Crippen LogP contribution in [0.5, 0.6) is 11.5 Å². The molecular weight excluding hydrogens is 368 g/mol. The highest BCUT2D eigenvalue weighted by atomic mass is 32.2. The van der Waals surface area contributed by atoms with Crippen molar-refractivity contribution in [1.82, 2.24) is 0 Å². The summed E-state index contributed by atoms with van der Waals surface area (Å²) in [4.78, 5) is 12.3. The van der Waals surface area contributed by atoms with Crippen LogP contribution in [0.1, 0.15) is 22.8 Å². The summed E-state index contributed by atoms with van der Waals surface area (Å²) in [6, 6.07) is 12.9. The lowest BCUT2D eigenvalue weighted by molar-refractivity contribution is 0.0919. The van der Waals surface area contributed by atoms with Crippen LogP contribution in [0.3, 0.4) is 0 Å². The van der Waals surface area contributed by atoms with Gasteiger partial charge in [0.15, 0.2) is 23.9 Å². The molecule has 0 saturated heterocycles. The lowest BCUT2D eigenvalue weighted by Crippen LogP contribution is -2.24. The molecule has 2 aromatic rings. The molecule has 0 aliphatic heterocycles. The van der Waals surface area contributed by atoms with Crippen molar-refractivity contribution in [3.8, 4) is 17.6 Å². The van der Waals surface area contributed by atoms with Crippen LogP contribution < -0.4 is 13.8 Å². The number of nitrogens with zero attached hydrogens (tertiary/aromatic N) is 2. The van der Waals surface area contributed by atoms with Crippen molar-refractivity contribution in [3.63, 3.8) is 0 Å². The molecule has 0 atom stereocenters. The van der Waals surface area contributed by atoms with Crippen LogP contribution >= 0.6 is 0 Å². The Labute approximate surface area is 158 Å². The summed E-state index contributed by atoms with van der Waals surface area (Å²) in [5, 5.41) is 8.96. The Balaban J connectivity index is 2.09. The molecule has 0 amide bonds. The topological polar surface area (TPSA) is 96.7 Å². The van der Waals surface area contributed by atoms with Gasteiger partial charge < -0.3 is 9.47 Å². The first-order chi connectivity index (χ1) is 12.8. The number of rotatable bonds is 8. The first kappa shape index (κ1) is 20.3. The molecule has 0 radical (unpaired) electrons. The molecule has 0 aliphatic carbocycles. The van der Waals surface area contributed by atoms with Crippen molar-refractivity contribution in [3.05, 3.63) is 53.6 Å². The van der Waals surface area contributed by atoms with Gasteiger partial charge in [-0.2, -0.15) is 5.26 Å². The molecule has 0 heterocycles. The third-order valence-electron chi connectivity index (χ3n) is 3.78. The van der Waals surface area contributed by atoms with Gasteiger partial charge >= 0.3 is 0 Å². The number of hydrogen-bond acceptors (Lipinski definition) is 6. The number of anilines is 1. The number of nitriles is 1. The molecular formula is C19H20N2O5S. The average Bonchev–Trinajstić information content (AvgIpc) is 2.65. The van der Waals surface area contributed by atoms with E-state index in [2.05, 4.69) is 0 Å². The van der Waals surface area contributed by atoms with Crippen LogP contribution in [0.25, 0.3) is 0 Å². The van der Waals surface area contributed by atoms with Gasteiger partial charge in [-0.3, -0.25) is 9.10 Å². The zero-order valence-electron chi connectivity index (χ0n) is 15.3. The molecule has 2 rings (SSSR count). The summed E-state index contributed by atoms with van der Waals surface area (Å²) < 4.78 is 35.2. The Bertz CT molecular complexity index is 963. The molecule has 0 aliphatic rings. The second-order valence-corrected chi connectivity index (χ2v) is 7.71. The van der Waals surface area contributed by atoms with Gasteiger partial charge in [-0.1, -0.05) is 0 Å². The van der Waals surface area contributed by atoms with Crippen molar-refractivity contribution >= 4 is 21.5 Å².